The summed E-state index contributed by atoms with van der Waals surface area (Å²) < 4.78 is 2.01. The van der Waals surface area contributed by atoms with Crippen molar-refractivity contribution in [1.82, 2.24) is 9.55 Å². The summed E-state index contributed by atoms with van der Waals surface area (Å²) in [4.78, 5) is 4.42. The van der Waals surface area contributed by atoms with Gasteiger partial charge in [-0.1, -0.05) is 0 Å². The van der Waals surface area contributed by atoms with E-state index >= 15 is 0 Å². The summed E-state index contributed by atoms with van der Waals surface area (Å²) in [6, 6.07) is 2.44. The maximum atomic E-state index is 4.42. The summed E-state index contributed by atoms with van der Waals surface area (Å²) in [5, 5.41) is 7.65. The van der Waals surface area contributed by atoms with E-state index in [9.17, 15) is 0 Å². The third kappa shape index (κ3) is 2.21. The average Bonchev–Trinajstić information content (AvgIpc) is 2.76. The van der Waals surface area contributed by atoms with Crippen molar-refractivity contribution in [3.8, 4) is 0 Å². The normalized spacial score (nSPS) is 12.7. The quantitative estimate of drug-likeness (QED) is 0.863. The van der Waals surface area contributed by atoms with E-state index in [1.165, 1.54) is 5.56 Å². The summed E-state index contributed by atoms with van der Waals surface area (Å²) in [6.45, 7) is 4.15. The number of anilines is 1. The number of aromatic nitrogens is 2. The SMILES string of the molecule is Cc1cn(C)c(NC(C)c2ccsc2)n1. The van der Waals surface area contributed by atoms with Crippen LogP contribution in [-0.4, -0.2) is 9.55 Å². The lowest BCUT2D eigenvalue weighted by Crippen LogP contribution is -2.09. The van der Waals surface area contributed by atoms with Crippen LogP contribution >= 0.6 is 11.3 Å². The first-order valence-corrected chi connectivity index (χ1v) is 5.89. The zero-order chi connectivity index (χ0) is 10.8. The van der Waals surface area contributed by atoms with Crippen molar-refractivity contribution in [3.63, 3.8) is 0 Å². The van der Waals surface area contributed by atoms with Gasteiger partial charge in [0, 0.05) is 13.2 Å². The number of nitrogens with one attached hydrogen (secondary N) is 1. The van der Waals surface area contributed by atoms with Crippen LogP contribution < -0.4 is 5.32 Å². The minimum Gasteiger partial charge on any atom is -0.349 e. The van der Waals surface area contributed by atoms with Crippen molar-refractivity contribution in [1.29, 1.82) is 0 Å². The molecule has 0 spiro atoms. The van der Waals surface area contributed by atoms with Crippen LogP contribution in [0.1, 0.15) is 24.2 Å². The Bertz CT molecular complexity index is 431. The third-order valence-electron chi connectivity index (χ3n) is 2.39. The number of rotatable bonds is 3. The molecule has 0 saturated carbocycles. The molecule has 2 aromatic heterocycles. The molecule has 0 saturated heterocycles. The third-order valence-corrected chi connectivity index (χ3v) is 3.09. The highest BCUT2D eigenvalue weighted by atomic mass is 32.1. The fourth-order valence-electron chi connectivity index (χ4n) is 1.55. The standard InChI is InChI=1S/C11H15N3S/c1-8-6-14(3)11(12-8)13-9(2)10-4-5-15-7-10/h4-7,9H,1-3H3,(H,12,13). The van der Waals surface area contributed by atoms with Crippen LogP contribution in [0.4, 0.5) is 5.95 Å². The van der Waals surface area contributed by atoms with Gasteiger partial charge in [0.1, 0.15) is 0 Å². The van der Waals surface area contributed by atoms with Gasteiger partial charge in [0.25, 0.3) is 0 Å². The van der Waals surface area contributed by atoms with Crippen LogP contribution in [0.3, 0.4) is 0 Å². The van der Waals surface area contributed by atoms with Crippen molar-refractivity contribution in [3.05, 3.63) is 34.3 Å². The minimum atomic E-state index is 0.303. The number of hydrogen-bond donors (Lipinski definition) is 1. The van der Waals surface area contributed by atoms with Crippen LogP contribution in [-0.2, 0) is 7.05 Å². The number of hydrogen-bond acceptors (Lipinski definition) is 3. The summed E-state index contributed by atoms with van der Waals surface area (Å²) in [7, 11) is 2.00. The molecular weight excluding hydrogens is 206 g/mol. The summed E-state index contributed by atoms with van der Waals surface area (Å²) >= 11 is 1.72. The van der Waals surface area contributed by atoms with Gasteiger partial charge in [-0.3, -0.25) is 0 Å². The monoisotopic (exact) mass is 221 g/mol. The summed E-state index contributed by atoms with van der Waals surface area (Å²) in [5.74, 6) is 0.922. The predicted molar refractivity (Wildman–Crippen MR) is 64.3 cm³/mol. The van der Waals surface area contributed by atoms with E-state index in [1.54, 1.807) is 11.3 Å². The Morgan fingerprint density at radius 3 is 2.87 bits per heavy atom. The van der Waals surface area contributed by atoms with E-state index in [2.05, 4.69) is 34.1 Å². The first-order valence-electron chi connectivity index (χ1n) is 4.95. The van der Waals surface area contributed by atoms with E-state index in [4.69, 9.17) is 0 Å². The van der Waals surface area contributed by atoms with Crippen LogP contribution in [0.15, 0.2) is 23.0 Å². The Morgan fingerprint density at radius 1 is 1.53 bits per heavy atom. The maximum Gasteiger partial charge on any atom is 0.203 e. The lowest BCUT2D eigenvalue weighted by molar-refractivity contribution is 0.826. The van der Waals surface area contributed by atoms with E-state index in [0.29, 0.717) is 6.04 Å². The van der Waals surface area contributed by atoms with Gasteiger partial charge in [0.05, 0.1) is 11.7 Å². The molecule has 0 amide bonds. The van der Waals surface area contributed by atoms with E-state index in [1.807, 2.05) is 24.7 Å². The second-order valence-electron chi connectivity index (χ2n) is 3.74. The molecule has 0 aromatic carbocycles. The highest BCUT2D eigenvalue weighted by Crippen LogP contribution is 2.20. The van der Waals surface area contributed by atoms with Crippen LogP contribution in [0.5, 0.6) is 0 Å². The van der Waals surface area contributed by atoms with Gasteiger partial charge in [0.2, 0.25) is 5.95 Å². The molecule has 3 nitrogen and oxygen atoms in total. The van der Waals surface area contributed by atoms with Gasteiger partial charge in [-0.05, 0) is 36.2 Å². The lowest BCUT2D eigenvalue weighted by Gasteiger charge is -2.12. The Hall–Kier alpha value is -1.29. The van der Waals surface area contributed by atoms with Crippen LogP contribution in [0, 0.1) is 6.92 Å². The molecular formula is C11H15N3S. The maximum absolute atomic E-state index is 4.42. The summed E-state index contributed by atoms with van der Waals surface area (Å²) in [6.07, 6.45) is 2.02. The van der Waals surface area contributed by atoms with E-state index in [-0.39, 0.29) is 0 Å². The molecule has 80 valence electrons. The predicted octanol–water partition coefficient (Wildman–Crippen LogP) is 2.96. The lowest BCUT2D eigenvalue weighted by atomic mass is 10.2. The van der Waals surface area contributed by atoms with Gasteiger partial charge >= 0.3 is 0 Å². The molecule has 0 aliphatic carbocycles. The smallest absolute Gasteiger partial charge is 0.203 e. The molecule has 15 heavy (non-hydrogen) atoms. The van der Waals surface area contributed by atoms with E-state index in [0.717, 1.165) is 11.6 Å². The Labute approximate surface area is 93.8 Å². The molecule has 2 rings (SSSR count). The Kier molecular flexibility index (Phi) is 2.77. The first kappa shape index (κ1) is 10.2. The van der Waals surface area contributed by atoms with Crippen molar-refractivity contribution in [2.75, 3.05) is 5.32 Å². The van der Waals surface area contributed by atoms with Gasteiger partial charge in [-0.15, -0.1) is 0 Å². The van der Waals surface area contributed by atoms with Gasteiger partial charge in [0.15, 0.2) is 0 Å². The highest BCUT2D eigenvalue weighted by Gasteiger charge is 2.08. The molecule has 1 atom stereocenters. The molecule has 0 radical (unpaired) electrons. The zero-order valence-corrected chi connectivity index (χ0v) is 10.0. The molecule has 1 unspecified atom stereocenters. The summed E-state index contributed by atoms with van der Waals surface area (Å²) in [5.41, 5.74) is 2.35. The molecule has 4 heteroatoms. The molecule has 2 heterocycles. The fraction of sp³-hybridized carbons (Fsp3) is 0.364. The molecule has 1 N–H and O–H groups in total. The number of nitrogens with zero attached hydrogens (tertiary/aromatic N) is 2. The van der Waals surface area contributed by atoms with Gasteiger partial charge in [-0.2, -0.15) is 11.3 Å². The average molecular weight is 221 g/mol. The Balaban J connectivity index is 2.12. The zero-order valence-electron chi connectivity index (χ0n) is 9.19. The second-order valence-corrected chi connectivity index (χ2v) is 4.52. The van der Waals surface area contributed by atoms with Gasteiger partial charge in [-0.25, -0.2) is 4.98 Å². The number of thiophene rings is 1. The minimum absolute atomic E-state index is 0.303. The molecule has 0 fully saturated rings. The highest BCUT2D eigenvalue weighted by molar-refractivity contribution is 7.07. The van der Waals surface area contributed by atoms with Crippen molar-refractivity contribution in [2.45, 2.75) is 19.9 Å². The topological polar surface area (TPSA) is 29.9 Å². The number of imidazole rings is 1. The molecule has 0 aliphatic heterocycles. The molecule has 0 bridgehead atoms. The van der Waals surface area contributed by atoms with E-state index < -0.39 is 0 Å². The van der Waals surface area contributed by atoms with Crippen molar-refractivity contribution >= 4 is 17.3 Å². The van der Waals surface area contributed by atoms with Crippen LogP contribution in [0.25, 0.3) is 0 Å². The fourth-order valence-corrected chi connectivity index (χ4v) is 2.30. The largest absolute Gasteiger partial charge is 0.349 e. The van der Waals surface area contributed by atoms with Gasteiger partial charge < -0.3 is 9.88 Å². The van der Waals surface area contributed by atoms with Crippen molar-refractivity contribution in [2.24, 2.45) is 7.05 Å². The first-order chi connectivity index (χ1) is 7.16. The molecule has 2 aromatic rings. The van der Waals surface area contributed by atoms with Crippen molar-refractivity contribution < 1.29 is 0 Å². The van der Waals surface area contributed by atoms with Crippen LogP contribution in [0.2, 0.25) is 0 Å². The Morgan fingerprint density at radius 2 is 2.33 bits per heavy atom. The molecule has 0 aliphatic rings. The second kappa shape index (κ2) is 4.06. The number of aryl methyl sites for hydroxylation is 2.